The van der Waals surface area contributed by atoms with Crippen molar-refractivity contribution < 1.29 is 13.6 Å². The molecule has 1 aliphatic heterocycles. The second-order valence-electron chi connectivity index (χ2n) is 14.5. The van der Waals surface area contributed by atoms with Crippen molar-refractivity contribution >= 4 is 28.2 Å². The molecule has 1 amide bonds. The number of carbonyl (C=O) groups excluding carboxylic acids is 1. The Morgan fingerprint density at radius 2 is 1.14 bits per heavy atom. The van der Waals surface area contributed by atoms with E-state index in [1.54, 1.807) is 24.5 Å². The van der Waals surface area contributed by atoms with Crippen molar-refractivity contribution in [3.05, 3.63) is 190 Å². The first kappa shape index (κ1) is 35.3. The van der Waals surface area contributed by atoms with Gasteiger partial charge in [0.1, 0.15) is 17.2 Å². The van der Waals surface area contributed by atoms with Gasteiger partial charge in [0.25, 0.3) is 0 Å². The van der Waals surface area contributed by atoms with Crippen LogP contribution in [0.5, 0.6) is 0 Å². The van der Waals surface area contributed by atoms with Crippen LogP contribution in [-0.2, 0) is 23.2 Å². The largest absolute Gasteiger partial charge is 0.329 e. The average Bonchev–Trinajstić information content (AvgIpc) is 3.74. The van der Waals surface area contributed by atoms with Crippen LogP contribution in [0.4, 0.5) is 8.78 Å². The highest BCUT2D eigenvalue weighted by atomic mass is 19.1. The molecule has 278 valence electrons. The number of nitrogens with zero attached hydrogens (tertiary/aromatic N) is 5. The van der Waals surface area contributed by atoms with Crippen LogP contribution in [0.2, 0.25) is 0 Å². The number of para-hydroxylation sites is 2. The molecule has 4 aromatic heterocycles. The first-order valence-electron chi connectivity index (χ1n) is 18.9. The zero-order valence-electron chi connectivity index (χ0n) is 31.2. The number of benzene rings is 4. The molecule has 9 rings (SSSR count). The van der Waals surface area contributed by atoms with Gasteiger partial charge in [0, 0.05) is 102 Å². The van der Waals surface area contributed by atoms with E-state index >= 15 is 8.78 Å². The molecule has 0 radical (unpaired) electrons. The molecule has 56 heavy (non-hydrogen) atoms. The number of halogens is 2. The van der Waals surface area contributed by atoms with Crippen molar-refractivity contribution in [2.45, 2.75) is 32.2 Å². The van der Waals surface area contributed by atoms with Crippen LogP contribution in [-0.4, -0.2) is 50.0 Å². The van der Waals surface area contributed by atoms with Gasteiger partial charge < -0.3 is 19.4 Å². The van der Waals surface area contributed by atoms with Crippen molar-refractivity contribution in [1.29, 1.82) is 0 Å². The first-order valence-corrected chi connectivity index (χ1v) is 18.9. The molecule has 0 aliphatic carbocycles. The Labute approximate surface area is 323 Å². The normalized spacial score (nSPS) is 14.1. The Hall–Kier alpha value is -6.45. The predicted octanol–water partition coefficient (Wildman–Crippen LogP) is 8.75. The molecule has 4 aromatic carbocycles. The van der Waals surface area contributed by atoms with Gasteiger partial charge in [-0.1, -0.05) is 60.7 Å². The number of pyridine rings is 2. The molecule has 1 aliphatic rings. The maximum atomic E-state index is 15.4. The lowest BCUT2D eigenvalue weighted by Gasteiger charge is -2.47. The van der Waals surface area contributed by atoms with E-state index in [0.717, 1.165) is 73.2 Å². The molecule has 5 heterocycles. The van der Waals surface area contributed by atoms with Gasteiger partial charge >= 0.3 is 0 Å². The maximum Gasteiger partial charge on any atom is 0.210 e. The minimum atomic E-state index is -1.14. The van der Waals surface area contributed by atoms with Gasteiger partial charge in [-0.05, 0) is 84.6 Å². The molecule has 8 aromatic rings. The zero-order chi connectivity index (χ0) is 38.4. The Kier molecular flexibility index (Phi) is 9.02. The van der Waals surface area contributed by atoms with Gasteiger partial charge in [0.2, 0.25) is 6.41 Å². The molecule has 7 nitrogen and oxygen atoms in total. The highest BCUT2D eigenvalue weighted by Crippen LogP contribution is 2.49. The quantitative estimate of drug-likeness (QED) is 0.150. The highest BCUT2D eigenvalue weighted by Gasteiger charge is 2.49. The van der Waals surface area contributed by atoms with E-state index in [2.05, 4.69) is 38.7 Å². The number of hydrogen-bond acceptors (Lipinski definition) is 4. The van der Waals surface area contributed by atoms with Crippen molar-refractivity contribution in [2.24, 2.45) is 0 Å². The summed E-state index contributed by atoms with van der Waals surface area (Å²) in [6.45, 7) is 4.99. The number of aromatic nitrogens is 4. The molecule has 9 heteroatoms. The van der Waals surface area contributed by atoms with Crippen LogP contribution < -0.4 is 5.32 Å². The molecule has 0 unspecified atom stereocenters. The van der Waals surface area contributed by atoms with Crippen LogP contribution in [0.15, 0.2) is 134 Å². The average molecular weight is 743 g/mol. The van der Waals surface area contributed by atoms with E-state index in [9.17, 15) is 4.79 Å². The van der Waals surface area contributed by atoms with Gasteiger partial charge in [-0.3, -0.25) is 14.8 Å². The third-order valence-corrected chi connectivity index (χ3v) is 11.6. The summed E-state index contributed by atoms with van der Waals surface area (Å²) in [6.07, 6.45) is 9.03. The SMILES string of the molecule is Cc1c(F)cccc1Cc1c(C2(c3c(Cc4cccc(F)c4C)n(-c4ccccc4)c4ccncc34)CNCCN2C=O)c2cnccc2n1-c1ccccc1. The summed E-state index contributed by atoms with van der Waals surface area (Å²) in [5.74, 6) is -0.553. The number of rotatable bonds is 9. The van der Waals surface area contributed by atoms with E-state index in [1.807, 2.05) is 91.8 Å². The molecule has 1 saturated heterocycles. The van der Waals surface area contributed by atoms with Crippen molar-refractivity contribution in [3.63, 3.8) is 0 Å². The van der Waals surface area contributed by atoms with Crippen molar-refractivity contribution in [1.82, 2.24) is 29.3 Å². The summed E-state index contributed by atoms with van der Waals surface area (Å²) in [5, 5.41) is 5.45. The van der Waals surface area contributed by atoms with E-state index in [1.165, 1.54) is 12.1 Å². The van der Waals surface area contributed by atoms with Crippen molar-refractivity contribution in [3.8, 4) is 11.4 Å². The molecular formula is C47H40F2N6O. The second kappa shape index (κ2) is 14.3. The fourth-order valence-corrected chi connectivity index (χ4v) is 8.92. The molecule has 1 fully saturated rings. The lowest BCUT2D eigenvalue weighted by Crippen LogP contribution is -2.59. The highest BCUT2D eigenvalue weighted by molar-refractivity contribution is 5.94. The number of carbonyl (C=O) groups is 1. The molecular weight excluding hydrogens is 703 g/mol. The summed E-state index contributed by atoms with van der Waals surface area (Å²) >= 11 is 0. The lowest BCUT2D eigenvalue weighted by atomic mass is 9.75. The summed E-state index contributed by atoms with van der Waals surface area (Å²) < 4.78 is 35.2. The monoisotopic (exact) mass is 742 g/mol. The fraction of sp³-hybridized carbons (Fsp3) is 0.170. The molecule has 0 bridgehead atoms. The van der Waals surface area contributed by atoms with Crippen LogP contribution in [0.1, 0.15) is 44.8 Å². The number of hydrogen-bond donors (Lipinski definition) is 1. The number of piperazine rings is 1. The van der Waals surface area contributed by atoms with E-state index < -0.39 is 5.54 Å². The Morgan fingerprint density at radius 1 is 0.661 bits per heavy atom. The smallest absolute Gasteiger partial charge is 0.210 e. The van der Waals surface area contributed by atoms with E-state index in [0.29, 0.717) is 43.6 Å². The fourth-order valence-electron chi connectivity index (χ4n) is 8.92. The van der Waals surface area contributed by atoms with E-state index in [-0.39, 0.29) is 11.6 Å². The zero-order valence-corrected chi connectivity index (χ0v) is 31.2. The Balaban J connectivity index is 1.47. The first-order chi connectivity index (χ1) is 27.4. The maximum absolute atomic E-state index is 15.4. The van der Waals surface area contributed by atoms with Crippen LogP contribution in [0.3, 0.4) is 0 Å². The molecule has 0 atom stereocenters. The van der Waals surface area contributed by atoms with Crippen LogP contribution in [0, 0.1) is 25.5 Å². The Morgan fingerprint density at radius 3 is 1.61 bits per heavy atom. The van der Waals surface area contributed by atoms with Gasteiger partial charge in [-0.15, -0.1) is 0 Å². The lowest BCUT2D eigenvalue weighted by molar-refractivity contribution is -0.124. The Bertz CT molecular complexity index is 2560. The number of fused-ring (bicyclic) bond motifs is 2. The standard InChI is InChI=1S/C47H40F2N6O/c1-31-33(11-9-17-39(31)48)25-43-45(37-27-50-21-19-41(37)54(43)35-13-5-3-6-14-35)47(29-52-23-24-53(47)30-56)46-38-28-51-22-20-42(38)55(36-15-7-4-8-16-36)44(46)26-34-12-10-18-40(49)32(34)2/h3-22,27-28,30,52H,23-26,29H2,1-2H3. The van der Waals surface area contributed by atoms with Gasteiger partial charge in [-0.25, -0.2) is 8.78 Å². The van der Waals surface area contributed by atoms with Gasteiger partial charge in [0.05, 0.1) is 11.0 Å². The van der Waals surface area contributed by atoms with Gasteiger partial charge in [0.15, 0.2) is 0 Å². The topological polar surface area (TPSA) is 68.0 Å². The van der Waals surface area contributed by atoms with Crippen LogP contribution >= 0.6 is 0 Å². The molecule has 0 spiro atoms. The van der Waals surface area contributed by atoms with Crippen LogP contribution in [0.25, 0.3) is 33.2 Å². The minimum absolute atomic E-state index is 0.276. The summed E-state index contributed by atoms with van der Waals surface area (Å²) in [6, 6.07) is 34.7. The van der Waals surface area contributed by atoms with Gasteiger partial charge in [-0.2, -0.15) is 0 Å². The van der Waals surface area contributed by atoms with Crippen molar-refractivity contribution in [2.75, 3.05) is 19.6 Å². The third kappa shape index (κ3) is 5.61. The third-order valence-electron chi connectivity index (χ3n) is 11.6. The minimum Gasteiger partial charge on any atom is -0.329 e. The van der Waals surface area contributed by atoms with E-state index in [4.69, 9.17) is 9.97 Å². The summed E-state index contributed by atoms with van der Waals surface area (Å²) in [7, 11) is 0. The number of nitrogens with one attached hydrogen (secondary N) is 1. The summed E-state index contributed by atoms with van der Waals surface area (Å²) in [4.78, 5) is 25.2. The predicted molar refractivity (Wildman–Crippen MR) is 216 cm³/mol. The summed E-state index contributed by atoms with van der Waals surface area (Å²) in [5.41, 5.74) is 8.92. The second-order valence-corrected chi connectivity index (χ2v) is 14.5. The molecule has 0 saturated carbocycles. The molecule has 1 N–H and O–H groups in total. The number of amides is 1.